The molecule has 0 aromatic carbocycles. The highest BCUT2D eigenvalue weighted by molar-refractivity contribution is 5.93. The molecule has 1 aliphatic rings. The smallest absolute Gasteiger partial charge is 0.180 e. The molecule has 12 heavy (non-hydrogen) atoms. The number of nitrogens with one attached hydrogen (secondary N) is 1. The zero-order chi connectivity index (χ0) is 8.55. The maximum absolute atomic E-state index is 11.1. The van der Waals surface area contributed by atoms with Crippen LogP contribution in [0.25, 0.3) is 0 Å². The fourth-order valence-electron chi connectivity index (χ4n) is 1.49. The number of ketones is 1. The highest BCUT2D eigenvalue weighted by atomic mass is 16.1. The molecule has 0 fully saturated rings. The highest BCUT2D eigenvalue weighted by Gasteiger charge is 2.16. The molecule has 1 N–H and O–H groups in total. The summed E-state index contributed by atoms with van der Waals surface area (Å²) in [6.07, 6.45) is 1.74. The van der Waals surface area contributed by atoms with Gasteiger partial charge in [-0.05, 0) is 0 Å². The number of aromatic nitrogens is 2. The van der Waals surface area contributed by atoms with Gasteiger partial charge in [0.15, 0.2) is 5.78 Å². The molecule has 2 rings (SSSR count). The number of Topliss-reactive ketones (excluding diaryl/α,β-unsaturated/α-hetero) is 1. The molecule has 0 amide bonds. The number of hydrogen-bond acceptors (Lipinski definition) is 3. The summed E-state index contributed by atoms with van der Waals surface area (Å²) in [5, 5.41) is 3.21. The molecule has 4 heteroatoms. The molecule has 0 radical (unpaired) electrons. The van der Waals surface area contributed by atoms with E-state index in [0.29, 0.717) is 5.69 Å². The molecule has 0 bridgehead atoms. The van der Waals surface area contributed by atoms with Crippen molar-refractivity contribution in [3.05, 3.63) is 17.7 Å². The number of hydrogen-bond donors (Lipinski definition) is 1. The molecule has 0 spiro atoms. The van der Waals surface area contributed by atoms with Gasteiger partial charge in [-0.1, -0.05) is 0 Å². The zero-order valence-corrected chi connectivity index (χ0v) is 7.00. The Bertz CT molecular complexity index is 316. The van der Waals surface area contributed by atoms with Crippen LogP contribution >= 0.6 is 0 Å². The van der Waals surface area contributed by atoms with Crippen molar-refractivity contribution >= 4 is 5.78 Å². The summed E-state index contributed by atoms with van der Waals surface area (Å²) in [6, 6.07) is 0. The van der Waals surface area contributed by atoms with E-state index < -0.39 is 0 Å². The minimum atomic E-state index is 0.0486. The van der Waals surface area contributed by atoms with Crippen molar-refractivity contribution in [1.29, 1.82) is 0 Å². The Morgan fingerprint density at radius 3 is 3.33 bits per heavy atom. The maximum Gasteiger partial charge on any atom is 0.180 e. The second-order valence-corrected chi connectivity index (χ2v) is 2.97. The molecule has 0 saturated heterocycles. The quantitative estimate of drug-likeness (QED) is 0.604. The van der Waals surface area contributed by atoms with Crippen molar-refractivity contribution < 1.29 is 4.79 Å². The lowest BCUT2D eigenvalue weighted by molar-refractivity contribution is 0.101. The summed E-state index contributed by atoms with van der Waals surface area (Å²) in [6.45, 7) is 4.18. The predicted octanol–water partition coefficient (Wildman–Crippen LogP) is 0.189. The molecule has 1 aliphatic heterocycles. The topological polar surface area (TPSA) is 46.9 Å². The van der Waals surface area contributed by atoms with E-state index in [1.54, 1.807) is 13.3 Å². The van der Waals surface area contributed by atoms with E-state index in [-0.39, 0.29) is 5.78 Å². The molecule has 4 nitrogen and oxygen atoms in total. The van der Waals surface area contributed by atoms with Crippen LogP contribution in [0.1, 0.15) is 23.1 Å². The SMILES string of the molecule is CC(=O)c1ncn2c1CNCC2. The largest absolute Gasteiger partial charge is 0.332 e. The van der Waals surface area contributed by atoms with E-state index in [0.717, 1.165) is 25.3 Å². The molecule has 64 valence electrons. The van der Waals surface area contributed by atoms with Gasteiger partial charge in [-0.2, -0.15) is 0 Å². The van der Waals surface area contributed by atoms with Gasteiger partial charge in [0.2, 0.25) is 0 Å². The summed E-state index contributed by atoms with van der Waals surface area (Å²) in [5.41, 5.74) is 1.64. The van der Waals surface area contributed by atoms with Gasteiger partial charge in [-0.25, -0.2) is 4.98 Å². The number of fused-ring (bicyclic) bond motifs is 1. The van der Waals surface area contributed by atoms with Gasteiger partial charge in [-0.3, -0.25) is 4.79 Å². The Morgan fingerprint density at radius 1 is 1.75 bits per heavy atom. The molecule has 0 aliphatic carbocycles. The first-order valence-electron chi connectivity index (χ1n) is 4.04. The van der Waals surface area contributed by atoms with Crippen LogP contribution < -0.4 is 5.32 Å². The molecule has 1 aromatic rings. The van der Waals surface area contributed by atoms with E-state index in [2.05, 4.69) is 10.3 Å². The van der Waals surface area contributed by atoms with Gasteiger partial charge in [0.25, 0.3) is 0 Å². The predicted molar refractivity (Wildman–Crippen MR) is 43.9 cm³/mol. The minimum absolute atomic E-state index is 0.0486. The van der Waals surface area contributed by atoms with Crippen LogP contribution in [0.2, 0.25) is 0 Å². The number of nitrogens with zero attached hydrogens (tertiary/aromatic N) is 2. The highest BCUT2D eigenvalue weighted by Crippen LogP contribution is 2.10. The lowest BCUT2D eigenvalue weighted by atomic mass is 10.2. The third-order valence-electron chi connectivity index (χ3n) is 2.10. The standard InChI is InChI=1S/C8H11N3O/c1-6(12)8-7-4-9-2-3-11(7)5-10-8/h5,9H,2-4H2,1H3. The summed E-state index contributed by atoms with van der Waals surface area (Å²) in [5.74, 6) is 0.0486. The first kappa shape index (κ1) is 7.49. The molecular formula is C8H11N3O. The van der Waals surface area contributed by atoms with E-state index >= 15 is 0 Å². The third-order valence-corrected chi connectivity index (χ3v) is 2.10. The zero-order valence-electron chi connectivity index (χ0n) is 7.00. The summed E-state index contributed by atoms with van der Waals surface area (Å²) in [4.78, 5) is 15.1. The number of rotatable bonds is 1. The molecule has 2 heterocycles. The van der Waals surface area contributed by atoms with Gasteiger partial charge < -0.3 is 9.88 Å². The Balaban J connectivity index is 2.44. The van der Waals surface area contributed by atoms with Gasteiger partial charge in [-0.15, -0.1) is 0 Å². The molecule has 0 saturated carbocycles. The van der Waals surface area contributed by atoms with E-state index in [4.69, 9.17) is 0 Å². The first-order valence-corrected chi connectivity index (χ1v) is 4.04. The van der Waals surface area contributed by atoms with Gasteiger partial charge >= 0.3 is 0 Å². The summed E-state index contributed by atoms with van der Waals surface area (Å²) >= 11 is 0. The van der Waals surface area contributed by atoms with Crippen LogP contribution in [-0.2, 0) is 13.1 Å². The van der Waals surface area contributed by atoms with Crippen molar-refractivity contribution in [1.82, 2.24) is 14.9 Å². The van der Waals surface area contributed by atoms with Crippen LogP contribution in [-0.4, -0.2) is 21.9 Å². The second-order valence-electron chi connectivity index (χ2n) is 2.97. The number of carbonyl (C=O) groups is 1. The van der Waals surface area contributed by atoms with E-state index in [1.165, 1.54) is 0 Å². The fourth-order valence-corrected chi connectivity index (χ4v) is 1.49. The third kappa shape index (κ3) is 1.04. The molecule has 1 aromatic heterocycles. The Kier molecular flexibility index (Phi) is 1.69. The van der Waals surface area contributed by atoms with Crippen molar-refractivity contribution in [2.24, 2.45) is 0 Å². The molecule has 0 unspecified atom stereocenters. The van der Waals surface area contributed by atoms with Crippen molar-refractivity contribution in [2.75, 3.05) is 6.54 Å². The molecular weight excluding hydrogens is 154 g/mol. The average molecular weight is 165 g/mol. The second kappa shape index (κ2) is 2.71. The summed E-state index contributed by atoms with van der Waals surface area (Å²) in [7, 11) is 0. The lowest BCUT2D eigenvalue weighted by Gasteiger charge is -2.15. The Labute approximate surface area is 70.6 Å². The van der Waals surface area contributed by atoms with Crippen molar-refractivity contribution in [3.63, 3.8) is 0 Å². The first-order chi connectivity index (χ1) is 5.79. The van der Waals surface area contributed by atoms with Crippen molar-refractivity contribution in [2.45, 2.75) is 20.0 Å². The van der Waals surface area contributed by atoms with Crippen LogP contribution in [0.3, 0.4) is 0 Å². The minimum Gasteiger partial charge on any atom is -0.332 e. The van der Waals surface area contributed by atoms with Crippen LogP contribution in [0.5, 0.6) is 0 Å². The summed E-state index contributed by atoms with van der Waals surface area (Å²) < 4.78 is 2.03. The normalized spacial score (nSPS) is 15.8. The Morgan fingerprint density at radius 2 is 2.58 bits per heavy atom. The van der Waals surface area contributed by atoms with Gasteiger partial charge in [0.1, 0.15) is 5.69 Å². The van der Waals surface area contributed by atoms with E-state index in [1.807, 2.05) is 4.57 Å². The monoisotopic (exact) mass is 165 g/mol. The van der Waals surface area contributed by atoms with Gasteiger partial charge in [0.05, 0.1) is 12.0 Å². The molecule has 0 atom stereocenters. The maximum atomic E-state index is 11.1. The Hall–Kier alpha value is -1.16. The van der Waals surface area contributed by atoms with Crippen LogP contribution in [0.4, 0.5) is 0 Å². The van der Waals surface area contributed by atoms with Crippen LogP contribution in [0.15, 0.2) is 6.33 Å². The number of carbonyl (C=O) groups excluding carboxylic acids is 1. The van der Waals surface area contributed by atoms with E-state index in [9.17, 15) is 4.79 Å². The average Bonchev–Trinajstić information content (AvgIpc) is 2.47. The van der Waals surface area contributed by atoms with Crippen LogP contribution in [0, 0.1) is 0 Å². The van der Waals surface area contributed by atoms with Crippen molar-refractivity contribution in [3.8, 4) is 0 Å². The lowest BCUT2D eigenvalue weighted by Crippen LogP contribution is -2.28. The number of imidazole rings is 1. The fraction of sp³-hybridized carbons (Fsp3) is 0.500. The van der Waals surface area contributed by atoms with Gasteiger partial charge in [0, 0.05) is 26.6 Å².